The molecular formula is C16H22N4. The Balaban J connectivity index is 1.45. The van der Waals surface area contributed by atoms with Crippen molar-refractivity contribution in [2.75, 3.05) is 19.6 Å². The molecule has 4 nitrogen and oxygen atoms in total. The first-order valence-corrected chi connectivity index (χ1v) is 7.76. The van der Waals surface area contributed by atoms with Gasteiger partial charge in [-0.05, 0) is 49.9 Å². The largest absolute Gasteiger partial charge is 0.314 e. The van der Waals surface area contributed by atoms with Gasteiger partial charge in [-0.15, -0.1) is 0 Å². The van der Waals surface area contributed by atoms with Crippen LogP contribution < -0.4 is 5.32 Å². The van der Waals surface area contributed by atoms with E-state index in [0.29, 0.717) is 0 Å². The molecule has 106 valence electrons. The molecule has 2 saturated heterocycles. The fraction of sp³-hybridized carbons (Fsp3) is 0.562. The summed E-state index contributed by atoms with van der Waals surface area (Å²) in [5, 5.41) is 12.0. The predicted octanol–water partition coefficient (Wildman–Crippen LogP) is 2.14. The number of hydrogen-bond donors (Lipinski definition) is 2. The van der Waals surface area contributed by atoms with E-state index in [1.807, 2.05) is 6.20 Å². The van der Waals surface area contributed by atoms with Crippen LogP contribution in [-0.4, -0.2) is 40.8 Å². The molecule has 4 rings (SSSR count). The van der Waals surface area contributed by atoms with Gasteiger partial charge in [-0.25, -0.2) is 0 Å². The molecule has 2 N–H and O–H groups in total. The third-order valence-electron chi connectivity index (χ3n) is 4.89. The SMILES string of the molecule is c1cc2cn[nH]c2cc1CN1CCC2NCCCC2C1. The fourth-order valence-electron chi connectivity index (χ4n) is 3.80. The van der Waals surface area contributed by atoms with E-state index in [2.05, 4.69) is 38.6 Å². The normalized spacial score (nSPS) is 27.6. The molecule has 0 amide bonds. The van der Waals surface area contributed by atoms with Gasteiger partial charge in [-0.3, -0.25) is 10.00 Å². The monoisotopic (exact) mass is 270 g/mol. The van der Waals surface area contributed by atoms with E-state index in [-0.39, 0.29) is 0 Å². The van der Waals surface area contributed by atoms with Crippen LogP contribution in [0.1, 0.15) is 24.8 Å². The topological polar surface area (TPSA) is 44.0 Å². The molecule has 2 aliphatic rings. The van der Waals surface area contributed by atoms with Crippen molar-refractivity contribution in [3.63, 3.8) is 0 Å². The summed E-state index contributed by atoms with van der Waals surface area (Å²) in [4.78, 5) is 2.62. The van der Waals surface area contributed by atoms with Crippen LogP contribution in [0.3, 0.4) is 0 Å². The highest BCUT2D eigenvalue weighted by Crippen LogP contribution is 2.26. The van der Waals surface area contributed by atoms with Crippen molar-refractivity contribution in [3.05, 3.63) is 30.0 Å². The second-order valence-electron chi connectivity index (χ2n) is 6.28. The van der Waals surface area contributed by atoms with E-state index >= 15 is 0 Å². The smallest absolute Gasteiger partial charge is 0.0653 e. The van der Waals surface area contributed by atoms with Crippen LogP contribution in [-0.2, 0) is 6.54 Å². The van der Waals surface area contributed by atoms with Crippen LogP contribution in [0.2, 0.25) is 0 Å². The van der Waals surface area contributed by atoms with Crippen LogP contribution in [0, 0.1) is 5.92 Å². The summed E-state index contributed by atoms with van der Waals surface area (Å²) in [6.45, 7) is 4.75. The van der Waals surface area contributed by atoms with E-state index < -0.39 is 0 Å². The third-order valence-corrected chi connectivity index (χ3v) is 4.89. The Kier molecular flexibility index (Phi) is 3.20. The van der Waals surface area contributed by atoms with Crippen molar-refractivity contribution >= 4 is 10.9 Å². The maximum Gasteiger partial charge on any atom is 0.0653 e. The van der Waals surface area contributed by atoms with Crippen molar-refractivity contribution in [2.24, 2.45) is 5.92 Å². The molecule has 2 fully saturated rings. The molecule has 20 heavy (non-hydrogen) atoms. The van der Waals surface area contributed by atoms with Gasteiger partial charge in [0.15, 0.2) is 0 Å². The van der Waals surface area contributed by atoms with Gasteiger partial charge in [0.05, 0.1) is 11.7 Å². The lowest BCUT2D eigenvalue weighted by Crippen LogP contribution is -2.51. The van der Waals surface area contributed by atoms with E-state index in [4.69, 9.17) is 0 Å². The van der Waals surface area contributed by atoms with Crippen LogP contribution in [0.15, 0.2) is 24.4 Å². The zero-order valence-electron chi connectivity index (χ0n) is 11.8. The minimum Gasteiger partial charge on any atom is -0.314 e. The first-order chi connectivity index (χ1) is 9.88. The Morgan fingerprint density at radius 2 is 2.30 bits per heavy atom. The minimum atomic E-state index is 0.773. The molecule has 0 aliphatic carbocycles. The molecule has 0 radical (unpaired) electrons. The summed E-state index contributed by atoms with van der Waals surface area (Å²) in [6, 6.07) is 7.43. The first-order valence-electron chi connectivity index (χ1n) is 7.76. The minimum absolute atomic E-state index is 0.773. The number of rotatable bonds is 2. The molecule has 2 atom stereocenters. The van der Waals surface area contributed by atoms with Gasteiger partial charge in [0.2, 0.25) is 0 Å². The Morgan fingerprint density at radius 3 is 3.30 bits per heavy atom. The molecule has 1 aromatic heterocycles. The van der Waals surface area contributed by atoms with Crippen molar-refractivity contribution in [1.29, 1.82) is 0 Å². The zero-order chi connectivity index (χ0) is 13.4. The number of fused-ring (bicyclic) bond motifs is 2. The molecule has 0 saturated carbocycles. The lowest BCUT2D eigenvalue weighted by molar-refractivity contribution is 0.109. The maximum absolute atomic E-state index is 4.10. The molecule has 1 aromatic carbocycles. The van der Waals surface area contributed by atoms with E-state index in [0.717, 1.165) is 24.0 Å². The van der Waals surface area contributed by atoms with Gasteiger partial charge in [0, 0.05) is 24.5 Å². The van der Waals surface area contributed by atoms with Gasteiger partial charge in [-0.1, -0.05) is 12.1 Å². The van der Waals surface area contributed by atoms with Crippen LogP contribution >= 0.6 is 0 Å². The van der Waals surface area contributed by atoms with Gasteiger partial charge in [-0.2, -0.15) is 5.10 Å². The molecule has 4 heteroatoms. The Morgan fingerprint density at radius 1 is 1.30 bits per heavy atom. The number of benzene rings is 1. The summed E-state index contributed by atoms with van der Waals surface area (Å²) in [6.07, 6.45) is 5.93. The van der Waals surface area contributed by atoms with Gasteiger partial charge in [0.1, 0.15) is 0 Å². The van der Waals surface area contributed by atoms with Crippen molar-refractivity contribution < 1.29 is 0 Å². The highest BCUT2D eigenvalue weighted by molar-refractivity contribution is 5.78. The average Bonchev–Trinajstić information content (AvgIpc) is 2.95. The number of piperidine rings is 2. The van der Waals surface area contributed by atoms with Crippen LogP contribution in [0.5, 0.6) is 0 Å². The van der Waals surface area contributed by atoms with E-state index in [9.17, 15) is 0 Å². The summed E-state index contributed by atoms with van der Waals surface area (Å²) >= 11 is 0. The van der Waals surface area contributed by atoms with Crippen molar-refractivity contribution in [2.45, 2.75) is 31.8 Å². The molecule has 2 unspecified atom stereocenters. The zero-order valence-corrected chi connectivity index (χ0v) is 11.8. The van der Waals surface area contributed by atoms with Gasteiger partial charge in [0.25, 0.3) is 0 Å². The highest BCUT2D eigenvalue weighted by Gasteiger charge is 2.30. The molecule has 3 heterocycles. The second-order valence-corrected chi connectivity index (χ2v) is 6.28. The van der Waals surface area contributed by atoms with Gasteiger partial charge >= 0.3 is 0 Å². The van der Waals surface area contributed by atoms with Crippen LogP contribution in [0.25, 0.3) is 10.9 Å². The number of nitrogens with zero attached hydrogens (tertiary/aromatic N) is 2. The molecule has 2 aliphatic heterocycles. The number of hydrogen-bond acceptors (Lipinski definition) is 3. The second kappa shape index (κ2) is 5.19. The summed E-state index contributed by atoms with van der Waals surface area (Å²) < 4.78 is 0. The fourth-order valence-corrected chi connectivity index (χ4v) is 3.80. The summed E-state index contributed by atoms with van der Waals surface area (Å²) in [5.41, 5.74) is 2.54. The number of aromatic nitrogens is 2. The Bertz CT molecular complexity index is 591. The summed E-state index contributed by atoms with van der Waals surface area (Å²) in [5.74, 6) is 0.855. The Hall–Kier alpha value is -1.39. The maximum atomic E-state index is 4.10. The molecular weight excluding hydrogens is 248 g/mol. The summed E-state index contributed by atoms with van der Waals surface area (Å²) in [7, 11) is 0. The van der Waals surface area contributed by atoms with Crippen LogP contribution in [0.4, 0.5) is 0 Å². The van der Waals surface area contributed by atoms with Crippen molar-refractivity contribution in [1.82, 2.24) is 20.4 Å². The lowest BCUT2D eigenvalue weighted by Gasteiger charge is -2.41. The first kappa shape index (κ1) is 12.4. The standard InChI is InChI=1S/C16H22N4/c1-2-14-11-20(7-5-15(14)17-6-1)10-12-3-4-13-9-18-19-16(13)8-12/h3-4,8-9,14-15,17H,1-2,5-7,10-11H2,(H,18,19). The van der Waals surface area contributed by atoms with E-state index in [1.165, 1.54) is 49.8 Å². The molecule has 0 spiro atoms. The average molecular weight is 270 g/mol. The molecule has 2 aromatic rings. The number of likely N-dealkylation sites (tertiary alicyclic amines) is 1. The predicted molar refractivity (Wildman–Crippen MR) is 80.5 cm³/mol. The highest BCUT2D eigenvalue weighted by atomic mass is 15.2. The van der Waals surface area contributed by atoms with E-state index in [1.54, 1.807) is 0 Å². The molecule has 0 bridgehead atoms. The number of H-pyrrole nitrogens is 1. The number of aromatic amines is 1. The third kappa shape index (κ3) is 2.34. The van der Waals surface area contributed by atoms with Crippen molar-refractivity contribution in [3.8, 4) is 0 Å². The lowest BCUT2D eigenvalue weighted by atomic mass is 9.85. The number of nitrogens with one attached hydrogen (secondary N) is 2. The Labute approximate surface area is 119 Å². The quantitative estimate of drug-likeness (QED) is 0.878. The van der Waals surface area contributed by atoms with Gasteiger partial charge < -0.3 is 5.32 Å².